The molecule has 1 heterocycles. The number of benzene rings is 1. The maximum absolute atomic E-state index is 11.8. The number of anilines is 2. The van der Waals surface area contributed by atoms with Crippen molar-refractivity contribution in [2.24, 2.45) is 0 Å². The first-order valence-corrected chi connectivity index (χ1v) is 8.98. The Kier molecular flexibility index (Phi) is 6.71. The zero-order valence-electron chi connectivity index (χ0n) is 16.1. The lowest BCUT2D eigenvalue weighted by Gasteiger charge is -2.23. The molecule has 1 amide bonds. The van der Waals surface area contributed by atoms with Gasteiger partial charge in [0.2, 0.25) is 0 Å². The molecule has 0 aromatic heterocycles. The molecule has 0 aliphatic carbocycles. The molecular weight excluding hydrogens is 334 g/mol. The van der Waals surface area contributed by atoms with E-state index in [0.717, 1.165) is 37.3 Å². The van der Waals surface area contributed by atoms with E-state index in [1.165, 1.54) is 7.11 Å². The largest absolute Gasteiger partial charge is 0.465 e. The second kappa shape index (κ2) is 8.78. The van der Waals surface area contributed by atoms with E-state index in [0.29, 0.717) is 18.7 Å². The number of nitrogens with zero attached hydrogens (tertiary/aromatic N) is 1. The van der Waals surface area contributed by atoms with E-state index in [1.54, 1.807) is 6.07 Å². The van der Waals surface area contributed by atoms with Gasteiger partial charge in [-0.2, -0.15) is 0 Å². The smallest absolute Gasteiger partial charge is 0.407 e. The third-order valence-electron chi connectivity index (χ3n) is 3.97. The quantitative estimate of drug-likeness (QED) is 0.597. The monoisotopic (exact) mass is 363 g/mol. The molecule has 0 atom stereocenters. The first kappa shape index (κ1) is 19.9. The molecule has 1 saturated heterocycles. The van der Waals surface area contributed by atoms with Crippen LogP contribution in [0.15, 0.2) is 18.2 Å². The summed E-state index contributed by atoms with van der Waals surface area (Å²) in [5.41, 5.74) is 1.95. The van der Waals surface area contributed by atoms with Gasteiger partial charge in [0.1, 0.15) is 5.60 Å². The van der Waals surface area contributed by atoms with Crippen molar-refractivity contribution in [1.82, 2.24) is 5.32 Å². The fourth-order valence-corrected chi connectivity index (χ4v) is 2.82. The number of methoxy groups -OCH3 is 1. The van der Waals surface area contributed by atoms with Crippen molar-refractivity contribution in [2.75, 3.05) is 43.5 Å². The lowest BCUT2D eigenvalue weighted by molar-refractivity contribution is 0.0528. The topological polar surface area (TPSA) is 79.9 Å². The maximum Gasteiger partial charge on any atom is 0.407 e. The van der Waals surface area contributed by atoms with Gasteiger partial charge in [-0.25, -0.2) is 9.59 Å². The summed E-state index contributed by atoms with van der Waals surface area (Å²) in [6.07, 6.45) is 1.85. The minimum absolute atomic E-state index is 0.344. The fraction of sp³-hybridized carbons (Fsp3) is 0.579. The molecule has 0 radical (unpaired) electrons. The van der Waals surface area contributed by atoms with Crippen molar-refractivity contribution >= 4 is 23.4 Å². The van der Waals surface area contributed by atoms with Crippen LogP contribution in [-0.4, -0.2) is 51.0 Å². The minimum Gasteiger partial charge on any atom is -0.465 e. The van der Waals surface area contributed by atoms with E-state index in [-0.39, 0.29) is 5.97 Å². The van der Waals surface area contributed by atoms with E-state index in [9.17, 15) is 9.59 Å². The molecule has 7 nitrogen and oxygen atoms in total. The molecule has 144 valence electrons. The molecule has 0 bridgehead atoms. The van der Waals surface area contributed by atoms with E-state index in [2.05, 4.69) is 15.5 Å². The Labute approximate surface area is 155 Å². The Morgan fingerprint density at radius 1 is 1.15 bits per heavy atom. The first-order chi connectivity index (χ1) is 12.3. The highest BCUT2D eigenvalue weighted by Crippen LogP contribution is 2.30. The van der Waals surface area contributed by atoms with Crippen molar-refractivity contribution in [3.8, 4) is 0 Å². The van der Waals surface area contributed by atoms with Gasteiger partial charge in [-0.1, -0.05) is 0 Å². The summed E-state index contributed by atoms with van der Waals surface area (Å²) >= 11 is 0. The van der Waals surface area contributed by atoms with Crippen LogP contribution in [-0.2, 0) is 9.47 Å². The van der Waals surface area contributed by atoms with E-state index in [1.807, 2.05) is 32.9 Å². The molecule has 1 aliphatic heterocycles. The fourth-order valence-electron chi connectivity index (χ4n) is 2.82. The number of alkyl carbamates (subject to hydrolysis) is 1. The van der Waals surface area contributed by atoms with Crippen molar-refractivity contribution in [3.63, 3.8) is 0 Å². The summed E-state index contributed by atoms with van der Waals surface area (Å²) in [6.45, 7) is 8.41. The maximum atomic E-state index is 11.8. The predicted octanol–water partition coefficient (Wildman–Crippen LogP) is 3.01. The summed E-state index contributed by atoms with van der Waals surface area (Å²) in [5.74, 6) is -0.344. The molecule has 7 heteroatoms. The van der Waals surface area contributed by atoms with Crippen LogP contribution in [0.25, 0.3) is 0 Å². The van der Waals surface area contributed by atoms with Crippen molar-refractivity contribution in [2.45, 2.75) is 39.2 Å². The lowest BCUT2D eigenvalue weighted by atomic mass is 10.1. The third-order valence-corrected chi connectivity index (χ3v) is 3.97. The summed E-state index contributed by atoms with van der Waals surface area (Å²) in [6, 6.07) is 5.49. The molecule has 1 aromatic rings. The summed E-state index contributed by atoms with van der Waals surface area (Å²) in [7, 11) is 1.38. The second-order valence-corrected chi connectivity index (χ2v) is 7.27. The minimum atomic E-state index is -0.510. The molecule has 0 saturated carbocycles. The number of hydrogen-bond acceptors (Lipinski definition) is 6. The standard InChI is InChI=1S/C19H29N3O4/c1-19(2,3)26-18(24)21-10-9-20-15-8-7-14(17(23)25-4)13-16(15)22-11-5-6-12-22/h7-8,13,20H,5-6,9-12H2,1-4H3,(H,21,24). The van der Waals surface area contributed by atoms with Crippen LogP contribution in [0.5, 0.6) is 0 Å². The van der Waals surface area contributed by atoms with Gasteiger partial charge in [0, 0.05) is 26.2 Å². The number of esters is 1. The second-order valence-electron chi connectivity index (χ2n) is 7.27. The highest BCUT2D eigenvalue weighted by molar-refractivity contribution is 5.92. The first-order valence-electron chi connectivity index (χ1n) is 8.98. The van der Waals surface area contributed by atoms with Crippen LogP contribution < -0.4 is 15.5 Å². The van der Waals surface area contributed by atoms with Crippen molar-refractivity contribution in [3.05, 3.63) is 23.8 Å². The zero-order valence-corrected chi connectivity index (χ0v) is 16.1. The number of carbonyl (C=O) groups excluding carboxylic acids is 2. The van der Waals surface area contributed by atoms with Crippen LogP contribution in [0.2, 0.25) is 0 Å². The molecule has 1 aromatic carbocycles. The summed E-state index contributed by atoms with van der Waals surface area (Å²) < 4.78 is 10.0. The van der Waals surface area contributed by atoms with E-state index >= 15 is 0 Å². The Hall–Kier alpha value is -2.44. The molecule has 0 unspecified atom stereocenters. The highest BCUT2D eigenvalue weighted by Gasteiger charge is 2.19. The van der Waals surface area contributed by atoms with Gasteiger partial charge < -0.3 is 25.0 Å². The van der Waals surface area contributed by atoms with Gasteiger partial charge in [0.05, 0.1) is 24.0 Å². The van der Waals surface area contributed by atoms with Crippen molar-refractivity contribution < 1.29 is 19.1 Å². The van der Waals surface area contributed by atoms with Crippen LogP contribution >= 0.6 is 0 Å². The number of hydrogen-bond donors (Lipinski definition) is 2. The van der Waals surface area contributed by atoms with Crippen LogP contribution in [0.1, 0.15) is 44.0 Å². The molecule has 1 fully saturated rings. The number of rotatable bonds is 6. The normalized spacial score (nSPS) is 14.1. The van der Waals surface area contributed by atoms with Gasteiger partial charge in [0.25, 0.3) is 0 Å². The molecule has 0 spiro atoms. The number of nitrogens with one attached hydrogen (secondary N) is 2. The summed E-state index contributed by atoms with van der Waals surface area (Å²) in [4.78, 5) is 25.8. The number of carbonyl (C=O) groups is 2. The lowest BCUT2D eigenvalue weighted by Crippen LogP contribution is -2.35. The van der Waals surface area contributed by atoms with Gasteiger partial charge in [-0.05, 0) is 51.8 Å². The number of amides is 1. The molecule has 1 aliphatic rings. The van der Waals surface area contributed by atoms with Crippen molar-refractivity contribution in [1.29, 1.82) is 0 Å². The Morgan fingerprint density at radius 3 is 2.46 bits per heavy atom. The van der Waals surface area contributed by atoms with E-state index < -0.39 is 11.7 Å². The Bertz CT molecular complexity index is 634. The molecular formula is C19H29N3O4. The molecule has 2 rings (SSSR count). The Morgan fingerprint density at radius 2 is 1.85 bits per heavy atom. The predicted molar refractivity (Wildman–Crippen MR) is 102 cm³/mol. The SMILES string of the molecule is COC(=O)c1ccc(NCCNC(=O)OC(C)(C)C)c(N2CCCC2)c1. The average molecular weight is 363 g/mol. The van der Waals surface area contributed by atoms with Gasteiger partial charge >= 0.3 is 12.1 Å². The molecule has 26 heavy (non-hydrogen) atoms. The van der Waals surface area contributed by atoms with Gasteiger partial charge in [0.15, 0.2) is 0 Å². The summed E-state index contributed by atoms with van der Waals surface area (Å²) in [5, 5.41) is 6.05. The Balaban J connectivity index is 1.97. The average Bonchev–Trinajstić information content (AvgIpc) is 3.11. The highest BCUT2D eigenvalue weighted by atomic mass is 16.6. The van der Waals surface area contributed by atoms with E-state index in [4.69, 9.17) is 9.47 Å². The van der Waals surface area contributed by atoms with Gasteiger partial charge in [-0.3, -0.25) is 0 Å². The third kappa shape index (κ3) is 5.82. The number of ether oxygens (including phenoxy) is 2. The van der Waals surface area contributed by atoms with Crippen LogP contribution in [0, 0.1) is 0 Å². The van der Waals surface area contributed by atoms with Crippen LogP contribution in [0.4, 0.5) is 16.2 Å². The van der Waals surface area contributed by atoms with Crippen LogP contribution in [0.3, 0.4) is 0 Å². The molecule has 2 N–H and O–H groups in total. The zero-order chi connectivity index (χ0) is 19.2. The van der Waals surface area contributed by atoms with Gasteiger partial charge in [-0.15, -0.1) is 0 Å².